The van der Waals surface area contributed by atoms with Gasteiger partial charge in [-0.3, -0.25) is 4.21 Å². The number of nitrogens with one attached hydrogen (secondary N) is 2. The van der Waals surface area contributed by atoms with Gasteiger partial charge in [-0.25, -0.2) is 9.18 Å². The molecule has 2 N–H and O–H groups in total. The van der Waals surface area contributed by atoms with Crippen molar-refractivity contribution in [1.82, 2.24) is 10.6 Å². The molecule has 0 radical (unpaired) electrons. The maximum absolute atomic E-state index is 13.5. The van der Waals surface area contributed by atoms with Crippen LogP contribution in [0.15, 0.2) is 29.2 Å². The highest BCUT2D eigenvalue weighted by Crippen LogP contribution is 2.34. The molecule has 4 atom stereocenters. The summed E-state index contributed by atoms with van der Waals surface area (Å²) in [5, 5.41) is 5.56. The molecule has 0 spiro atoms. The molecule has 3 rings (SSSR count). The topological polar surface area (TPSA) is 67.4 Å². The lowest BCUT2D eigenvalue weighted by Crippen LogP contribution is -2.47. The third-order valence-corrected chi connectivity index (χ3v) is 5.47. The van der Waals surface area contributed by atoms with Crippen LogP contribution in [-0.2, 0) is 15.5 Å². The fourth-order valence-corrected chi connectivity index (χ4v) is 4.03. The van der Waals surface area contributed by atoms with Crippen LogP contribution in [0.25, 0.3) is 0 Å². The molecular weight excluding hydrogens is 307 g/mol. The highest BCUT2D eigenvalue weighted by atomic mass is 32.2. The summed E-state index contributed by atoms with van der Waals surface area (Å²) in [5.74, 6) is -0.300. The standard InChI is InChI=1S/C15H19FN2O3S/c16-11-3-1-2-4-14(11)22(20)8-7-17-15(19)18-12-9-10-5-6-13(12)21-10/h1-4,10,12-13H,5-9H2,(H2,17,18,19)/t10-,12+,13-,22-/m1/s1. The lowest BCUT2D eigenvalue weighted by molar-refractivity contribution is 0.0981. The van der Waals surface area contributed by atoms with Crippen LogP contribution in [0.3, 0.4) is 0 Å². The van der Waals surface area contributed by atoms with Gasteiger partial charge in [0.15, 0.2) is 0 Å². The predicted molar refractivity (Wildman–Crippen MR) is 80.5 cm³/mol. The van der Waals surface area contributed by atoms with E-state index in [9.17, 15) is 13.4 Å². The van der Waals surface area contributed by atoms with Gasteiger partial charge in [0.05, 0.1) is 33.9 Å². The van der Waals surface area contributed by atoms with E-state index >= 15 is 0 Å². The van der Waals surface area contributed by atoms with E-state index in [-0.39, 0.29) is 41.5 Å². The van der Waals surface area contributed by atoms with E-state index in [1.165, 1.54) is 12.1 Å². The lowest BCUT2D eigenvalue weighted by Gasteiger charge is -2.20. The van der Waals surface area contributed by atoms with Crippen LogP contribution in [0.5, 0.6) is 0 Å². The summed E-state index contributed by atoms with van der Waals surface area (Å²) < 4.78 is 31.1. The number of carbonyl (C=O) groups is 1. The van der Waals surface area contributed by atoms with Gasteiger partial charge >= 0.3 is 6.03 Å². The number of amides is 2. The smallest absolute Gasteiger partial charge is 0.315 e. The number of rotatable bonds is 5. The number of fused-ring (bicyclic) bond motifs is 2. The summed E-state index contributed by atoms with van der Waals surface area (Å²) in [7, 11) is -1.46. The van der Waals surface area contributed by atoms with Crippen molar-refractivity contribution >= 4 is 16.8 Å². The minimum atomic E-state index is -1.46. The van der Waals surface area contributed by atoms with Gasteiger partial charge in [-0.1, -0.05) is 12.1 Å². The average molecular weight is 326 g/mol. The lowest BCUT2D eigenvalue weighted by atomic mass is 9.96. The number of hydrogen-bond donors (Lipinski definition) is 2. The van der Waals surface area contributed by atoms with Crippen molar-refractivity contribution in [2.45, 2.75) is 42.4 Å². The molecule has 2 saturated heterocycles. The Labute approximate surface area is 131 Å². The van der Waals surface area contributed by atoms with E-state index in [0.29, 0.717) is 0 Å². The number of halogens is 1. The SMILES string of the molecule is O=C(NCC[S@@](=O)c1ccccc1F)N[C@H]1C[C@H]2CC[C@H]1O2. The van der Waals surface area contributed by atoms with Gasteiger partial charge in [0.1, 0.15) is 5.82 Å². The zero-order valence-electron chi connectivity index (χ0n) is 12.1. The molecule has 1 aromatic rings. The first-order valence-electron chi connectivity index (χ1n) is 7.46. The Morgan fingerprint density at radius 1 is 1.36 bits per heavy atom. The van der Waals surface area contributed by atoms with Crippen LogP contribution in [0.1, 0.15) is 19.3 Å². The average Bonchev–Trinajstić information content (AvgIpc) is 3.10. The number of urea groups is 1. The number of ether oxygens (including phenoxy) is 1. The third-order valence-electron chi connectivity index (χ3n) is 4.08. The zero-order chi connectivity index (χ0) is 15.5. The fourth-order valence-electron chi connectivity index (χ4n) is 3.01. The van der Waals surface area contributed by atoms with Crippen molar-refractivity contribution < 1.29 is 18.1 Å². The minimum absolute atomic E-state index is 0.0656. The van der Waals surface area contributed by atoms with Crippen LogP contribution in [-0.4, -0.2) is 40.8 Å². The Balaban J connectivity index is 1.40. The summed E-state index contributed by atoms with van der Waals surface area (Å²) in [6.07, 6.45) is 3.34. The van der Waals surface area contributed by atoms with Crippen molar-refractivity contribution in [2.75, 3.05) is 12.3 Å². The fraction of sp³-hybridized carbons (Fsp3) is 0.533. The molecule has 2 heterocycles. The zero-order valence-corrected chi connectivity index (χ0v) is 12.9. The quantitative estimate of drug-likeness (QED) is 0.863. The van der Waals surface area contributed by atoms with Crippen molar-refractivity contribution in [2.24, 2.45) is 0 Å². The highest BCUT2D eigenvalue weighted by Gasteiger charge is 2.41. The first-order valence-corrected chi connectivity index (χ1v) is 8.78. The number of carbonyl (C=O) groups excluding carboxylic acids is 1. The largest absolute Gasteiger partial charge is 0.373 e. The Hall–Kier alpha value is -1.47. The molecule has 120 valence electrons. The van der Waals surface area contributed by atoms with E-state index in [4.69, 9.17) is 4.74 Å². The monoisotopic (exact) mass is 326 g/mol. The molecule has 7 heteroatoms. The van der Waals surface area contributed by atoms with Crippen molar-refractivity contribution in [3.8, 4) is 0 Å². The minimum Gasteiger partial charge on any atom is -0.373 e. The molecule has 0 unspecified atom stereocenters. The van der Waals surface area contributed by atoms with Gasteiger partial charge in [0, 0.05) is 12.3 Å². The molecule has 2 aliphatic rings. The van der Waals surface area contributed by atoms with E-state index in [1.807, 2.05) is 0 Å². The first-order chi connectivity index (χ1) is 10.6. The summed E-state index contributed by atoms with van der Waals surface area (Å²) in [5.41, 5.74) is 0. The molecule has 22 heavy (non-hydrogen) atoms. The van der Waals surface area contributed by atoms with Crippen molar-refractivity contribution in [3.05, 3.63) is 30.1 Å². The summed E-state index contributed by atoms with van der Waals surface area (Å²) in [4.78, 5) is 12.0. The van der Waals surface area contributed by atoms with Crippen LogP contribution >= 0.6 is 0 Å². The molecule has 5 nitrogen and oxygen atoms in total. The molecule has 0 aliphatic carbocycles. The molecule has 0 aromatic heterocycles. The number of hydrogen-bond acceptors (Lipinski definition) is 3. The second-order valence-electron chi connectivity index (χ2n) is 5.60. The third kappa shape index (κ3) is 3.47. The van der Waals surface area contributed by atoms with Crippen LogP contribution in [0, 0.1) is 5.82 Å². The second-order valence-corrected chi connectivity index (χ2v) is 7.14. The van der Waals surface area contributed by atoms with Gasteiger partial charge in [0.2, 0.25) is 0 Å². The maximum atomic E-state index is 13.5. The number of benzene rings is 1. The van der Waals surface area contributed by atoms with Crippen LogP contribution in [0.2, 0.25) is 0 Å². The van der Waals surface area contributed by atoms with Gasteiger partial charge in [-0.15, -0.1) is 0 Å². The molecule has 0 saturated carbocycles. The van der Waals surface area contributed by atoms with Gasteiger partial charge in [-0.05, 0) is 31.4 Å². The first kappa shape index (κ1) is 15.4. The van der Waals surface area contributed by atoms with Gasteiger partial charge < -0.3 is 15.4 Å². The van der Waals surface area contributed by atoms with E-state index in [2.05, 4.69) is 10.6 Å². The van der Waals surface area contributed by atoms with Gasteiger partial charge in [0.25, 0.3) is 0 Å². The predicted octanol–water partition coefficient (Wildman–Crippen LogP) is 1.55. The maximum Gasteiger partial charge on any atom is 0.315 e. The van der Waals surface area contributed by atoms with Crippen LogP contribution in [0.4, 0.5) is 9.18 Å². The molecule has 2 bridgehead atoms. The van der Waals surface area contributed by atoms with Crippen molar-refractivity contribution in [3.63, 3.8) is 0 Å². The van der Waals surface area contributed by atoms with E-state index < -0.39 is 16.6 Å². The Bertz CT molecular complexity index is 584. The summed E-state index contributed by atoms with van der Waals surface area (Å²) in [6.45, 7) is 0.231. The summed E-state index contributed by atoms with van der Waals surface area (Å²) in [6, 6.07) is 5.76. The molecule has 2 aliphatic heterocycles. The Kier molecular flexibility index (Phi) is 4.73. The van der Waals surface area contributed by atoms with Gasteiger partial charge in [-0.2, -0.15) is 0 Å². The Morgan fingerprint density at radius 3 is 2.86 bits per heavy atom. The molecule has 1 aromatic carbocycles. The van der Waals surface area contributed by atoms with E-state index in [1.54, 1.807) is 12.1 Å². The summed E-state index contributed by atoms with van der Waals surface area (Å²) >= 11 is 0. The normalized spacial score (nSPS) is 27.6. The molecule has 2 fully saturated rings. The highest BCUT2D eigenvalue weighted by molar-refractivity contribution is 7.85. The van der Waals surface area contributed by atoms with Crippen molar-refractivity contribution in [1.29, 1.82) is 0 Å². The Morgan fingerprint density at radius 2 is 2.18 bits per heavy atom. The van der Waals surface area contributed by atoms with E-state index in [0.717, 1.165) is 19.3 Å². The second kappa shape index (κ2) is 6.75. The molecule has 2 amide bonds. The molecular formula is C15H19FN2O3S. The van der Waals surface area contributed by atoms with Crippen LogP contribution < -0.4 is 10.6 Å².